The van der Waals surface area contributed by atoms with Crippen LogP contribution in [0.3, 0.4) is 0 Å². The van der Waals surface area contributed by atoms with Crippen molar-refractivity contribution in [1.29, 1.82) is 0 Å². The molecule has 2 N–H and O–H groups in total. The second-order valence-electron chi connectivity index (χ2n) is 7.11. The fourth-order valence-corrected chi connectivity index (χ4v) is 3.36. The summed E-state index contributed by atoms with van der Waals surface area (Å²) >= 11 is 0. The van der Waals surface area contributed by atoms with Crippen LogP contribution in [-0.2, 0) is 11.2 Å². The summed E-state index contributed by atoms with van der Waals surface area (Å²) in [6.07, 6.45) is 1.91. The van der Waals surface area contributed by atoms with Crippen LogP contribution in [0.2, 0.25) is 0 Å². The zero-order valence-electron chi connectivity index (χ0n) is 17.3. The second-order valence-corrected chi connectivity index (χ2v) is 7.11. The Kier molecular flexibility index (Phi) is 5.14. The number of amides is 1. The third-order valence-corrected chi connectivity index (χ3v) is 4.90. The maximum atomic E-state index is 12.4. The number of benzene rings is 2. The lowest BCUT2D eigenvalue weighted by Crippen LogP contribution is -2.14. The Hall–Kier alpha value is -3.81. The van der Waals surface area contributed by atoms with Gasteiger partial charge in [-0.25, -0.2) is 9.97 Å². The molecule has 0 radical (unpaired) electrons. The number of nitrogens with one attached hydrogen (secondary N) is 2. The van der Waals surface area contributed by atoms with Gasteiger partial charge in [0.15, 0.2) is 11.5 Å². The zero-order valence-corrected chi connectivity index (χ0v) is 17.3. The van der Waals surface area contributed by atoms with Gasteiger partial charge in [0, 0.05) is 48.9 Å². The fraction of sp³-hybridized carbons (Fsp3) is 0.227. The van der Waals surface area contributed by atoms with E-state index in [9.17, 15) is 4.79 Å². The highest BCUT2D eigenvalue weighted by Gasteiger charge is 2.21. The maximum Gasteiger partial charge on any atom is 0.228 e. The minimum absolute atomic E-state index is 0.0879. The van der Waals surface area contributed by atoms with Gasteiger partial charge in [0.05, 0.1) is 32.0 Å². The van der Waals surface area contributed by atoms with E-state index in [1.54, 1.807) is 20.4 Å². The SMILES string of the molecule is COc1ccc(Nc2ncc3c(n2)-c2ccc(N(C)C)cc2NC(=O)C3)cc1OC. The molecule has 30 heavy (non-hydrogen) atoms. The molecule has 0 atom stereocenters. The van der Waals surface area contributed by atoms with Crippen LogP contribution >= 0.6 is 0 Å². The van der Waals surface area contributed by atoms with E-state index in [0.717, 1.165) is 33.9 Å². The summed E-state index contributed by atoms with van der Waals surface area (Å²) < 4.78 is 10.6. The zero-order chi connectivity index (χ0) is 21.3. The fourth-order valence-electron chi connectivity index (χ4n) is 3.36. The first kappa shape index (κ1) is 19.5. The molecule has 8 nitrogen and oxygen atoms in total. The molecule has 3 aromatic rings. The topological polar surface area (TPSA) is 88.6 Å². The molecule has 0 unspecified atom stereocenters. The van der Waals surface area contributed by atoms with Crippen molar-refractivity contribution >= 4 is 28.9 Å². The molecule has 2 heterocycles. The maximum absolute atomic E-state index is 12.4. The van der Waals surface area contributed by atoms with E-state index in [1.807, 2.05) is 55.4 Å². The average molecular weight is 405 g/mol. The molecule has 4 rings (SSSR count). The lowest BCUT2D eigenvalue weighted by Gasteiger charge is -2.16. The molecule has 2 aromatic carbocycles. The van der Waals surface area contributed by atoms with Crippen molar-refractivity contribution in [3.05, 3.63) is 48.2 Å². The average Bonchev–Trinajstić information content (AvgIpc) is 2.88. The summed E-state index contributed by atoms with van der Waals surface area (Å²) in [6, 6.07) is 11.4. The summed E-state index contributed by atoms with van der Waals surface area (Å²) in [5.41, 5.74) is 4.86. The van der Waals surface area contributed by atoms with Gasteiger partial charge in [0.25, 0.3) is 0 Å². The van der Waals surface area contributed by atoms with Crippen LogP contribution in [-0.4, -0.2) is 44.2 Å². The highest BCUT2D eigenvalue weighted by Crippen LogP contribution is 2.36. The first-order chi connectivity index (χ1) is 14.5. The molecule has 0 spiro atoms. The first-order valence-electron chi connectivity index (χ1n) is 9.45. The lowest BCUT2D eigenvalue weighted by atomic mass is 10.0. The van der Waals surface area contributed by atoms with Crippen LogP contribution in [0.15, 0.2) is 42.6 Å². The number of aromatic nitrogens is 2. The molecule has 0 fully saturated rings. The number of hydrogen-bond acceptors (Lipinski definition) is 7. The Morgan fingerprint density at radius 1 is 1.07 bits per heavy atom. The second kappa shape index (κ2) is 7.90. The summed E-state index contributed by atoms with van der Waals surface area (Å²) in [7, 11) is 7.10. The quantitative estimate of drug-likeness (QED) is 0.672. The highest BCUT2D eigenvalue weighted by atomic mass is 16.5. The number of fused-ring (bicyclic) bond motifs is 3. The number of ether oxygens (including phenoxy) is 2. The van der Waals surface area contributed by atoms with E-state index in [2.05, 4.69) is 15.6 Å². The minimum Gasteiger partial charge on any atom is -0.493 e. The monoisotopic (exact) mass is 405 g/mol. The van der Waals surface area contributed by atoms with E-state index in [0.29, 0.717) is 17.4 Å². The van der Waals surface area contributed by atoms with Gasteiger partial charge in [-0.15, -0.1) is 0 Å². The van der Waals surface area contributed by atoms with Crippen LogP contribution in [0, 0.1) is 0 Å². The van der Waals surface area contributed by atoms with Gasteiger partial charge in [-0.1, -0.05) is 0 Å². The van der Waals surface area contributed by atoms with E-state index in [-0.39, 0.29) is 12.3 Å². The van der Waals surface area contributed by atoms with Gasteiger partial charge in [-0.2, -0.15) is 0 Å². The van der Waals surface area contributed by atoms with Gasteiger partial charge >= 0.3 is 0 Å². The highest BCUT2D eigenvalue weighted by molar-refractivity contribution is 6.00. The molecule has 0 saturated carbocycles. The number of methoxy groups -OCH3 is 2. The van der Waals surface area contributed by atoms with Crippen molar-refractivity contribution in [2.45, 2.75) is 6.42 Å². The number of carbonyl (C=O) groups excluding carboxylic acids is 1. The standard InChI is InChI=1S/C22H23N5O3/c1-27(2)15-6-7-16-17(11-15)25-20(28)9-13-12-23-22(26-21(13)16)24-14-5-8-18(29-3)19(10-14)30-4/h5-8,10-12H,9H2,1-4H3,(H,25,28)(H,23,24,26). The van der Waals surface area contributed by atoms with Crippen molar-refractivity contribution in [2.24, 2.45) is 0 Å². The smallest absolute Gasteiger partial charge is 0.228 e. The molecule has 1 amide bonds. The van der Waals surface area contributed by atoms with Crippen LogP contribution in [0.1, 0.15) is 5.56 Å². The van der Waals surface area contributed by atoms with Crippen LogP contribution in [0.25, 0.3) is 11.3 Å². The number of hydrogen-bond donors (Lipinski definition) is 2. The number of nitrogens with zero attached hydrogens (tertiary/aromatic N) is 3. The molecule has 8 heteroatoms. The molecule has 0 aliphatic carbocycles. The Morgan fingerprint density at radius 3 is 2.60 bits per heavy atom. The molecular formula is C22H23N5O3. The minimum atomic E-state index is -0.0879. The Bertz CT molecular complexity index is 1110. The number of carbonyl (C=O) groups is 1. The molecule has 1 aromatic heterocycles. The van der Waals surface area contributed by atoms with Crippen LogP contribution in [0.5, 0.6) is 11.5 Å². The number of rotatable bonds is 5. The van der Waals surface area contributed by atoms with Gasteiger partial charge in [0.1, 0.15) is 0 Å². The van der Waals surface area contributed by atoms with Crippen molar-refractivity contribution in [1.82, 2.24) is 9.97 Å². The van der Waals surface area contributed by atoms with Crippen molar-refractivity contribution in [3.8, 4) is 22.8 Å². The normalized spacial score (nSPS) is 12.2. The first-order valence-corrected chi connectivity index (χ1v) is 9.45. The van der Waals surface area contributed by atoms with E-state index in [4.69, 9.17) is 14.5 Å². The van der Waals surface area contributed by atoms with Gasteiger partial charge < -0.3 is 25.0 Å². The predicted octanol–water partition coefficient (Wildman–Crippen LogP) is 3.47. The van der Waals surface area contributed by atoms with E-state index in [1.165, 1.54) is 0 Å². The molecule has 154 valence electrons. The van der Waals surface area contributed by atoms with Gasteiger partial charge in [-0.05, 0) is 30.3 Å². The van der Waals surface area contributed by atoms with Crippen LogP contribution in [0.4, 0.5) is 23.0 Å². The lowest BCUT2D eigenvalue weighted by molar-refractivity contribution is -0.115. The van der Waals surface area contributed by atoms with Gasteiger partial charge in [0.2, 0.25) is 11.9 Å². The van der Waals surface area contributed by atoms with Crippen LogP contribution < -0.4 is 25.0 Å². The molecule has 1 aliphatic heterocycles. The molecule has 0 bridgehead atoms. The Balaban J connectivity index is 1.73. The summed E-state index contributed by atoms with van der Waals surface area (Å²) in [4.78, 5) is 23.5. The van der Waals surface area contributed by atoms with E-state index >= 15 is 0 Å². The summed E-state index contributed by atoms with van der Waals surface area (Å²) in [6.45, 7) is 0. The molecular weight excluding hydrogens is 382 g/mol. The van der Waals surface area contributed by atoms with E-state index < -0.39 is 0 Å². The largest absolute Gasteiger partial charge is 0.493 e. The Labute approximate surface area is 174 Å². The summed E-state index contributed by atoms with van der Waals surface area (Å²) in [5, 5.41) is 6.18. The van der Waals surface area contributed by atoms with Crippen molar-refractivity contribution in [3.63, 3.8) is 0 Å². The molecule has 0 saturated heterocycles. The Morgan fingerprint density at radius 2 is 1.87 bits per heavy atom. The third-order valence-electron chi connectivity index (χ3n) is 4.90. The number of anilines is 4. The predicted molar refractivity (Wildman–Crippen MR) is 117 cm³/mol. The van der Waals surface area contributed by atoms with Gasteiger partial charge in [-0.3, -0.25) is 4.79 Å². The third kappa shape index (κ3) is 3.71. The van der Waals surface area contributed by atoms with Crippen molar-refractivity contribution in [2.75, 3.05) is 43.8 Å². The summed E-state index contributed by atoms with van der Waals surface area (Å²) in [5.74, 6) is 1.59. The molecule has 1 aliphatic rings. The van der Waals surface area contributed by atoms with Crippen molar-refractivity contribution < 1.29 is 14.3 Å².